The second kappa shape index (κ2) is 12.1. The summed E-state index contributed by atoms with van der Waals surface area (Å²) in [6.07, 6.45) is 0. The van der Waals surface area contributed by atoms with Crippen molar-refractivity contribution in [3.8, 4) is 0 Å². The van der Waals surface area contributed by atoms with Crippen LogP contribution in [0.15, 0.2) is 21.1 Å². The molecule has 0 rings (SSSR count). The van der Waals surface area contributed by atoms with Gasteiger partial charge in [-0.25, -0.2) is 9.59 Å². The Bertz CT molecular complexity index is 246. The first-order valence-corrected chi connectivity index (χ1v) is 5.20. The van der Waals surface area contributed by atoms with Crippen LogP contribution >= 0.6 is 31.9 Å². The summed E-state index contributed by atoms with van der Waals surface area (Å²) in [5, 5.41) is 16.2. The maximum absolute atomic E-state index is 9.83. The van der Waals surface area contributed by atoms with E-state index in [4.69, 9.17) is 10.2 Å². The van der Waals surface area contributed by atoms with Gasteiger partial charge in [0, 0.05) is 30.6 Å². The van der Waals surface area contributed by atoms with Gasteiger partial charge in [-0.3, -0.25) is 0 Å². The molecule has 0 aliphatic rings. The Kier molecular flexibility index (Phi) is 16.4. The Morgan fingerprint density at radius 1 is 0.933 bits per heavy atom. The van der Waals surface area contributed by atoms with Gasteiger partial charge in [-0.2, -0.15) is 0 Å². The molecule has 0 unspecified atom stereocenters. The van der Waals surface area contributed by atoms with Crippen LogP contribution in [0.25, 0.3) is 0 Å². The zero-order chi connectivity index (χ0) is 11.7. The molecule has 82 valence electrons. The second-order valence-corrected chi connectivity index (χ2v) is 3.11. The number of hydrogen-bond donors (Lipinski definition) is 2. The minimum absolute atomic E-state index is 0. The van der Waals surface area contributed by atoms with E-state index >= 15 is 0 Å². The van der Waals surface area contributed by atoms with Crippen LogP contribution in [0.3, 0.4) is 0 Å². The molecule has 0 aromatic rings. The molecule has 0 fully saturated rings. The van der Waals surface area contributed by atoms with Gasteiger partial charge in [-0.05, 0) is 23.8 Å². The van der Waals surface area contributed by atoms with Crippen molar-refractivity contribution in [3.63, 3.8) is 0 Å². The molecule has 0 saturated heterocycles. The maximum Gasteiger partial charge on any atom is 0.331 e. The third-order valence-electron chi connectivity index (χ3n) is 1.00. The van der Waals surface area contributed by atoms with E-state index in [-0.39, 0.29) is 19.5 Å². The maximum atomic E-state index is 9.83. The van der Waals surface area contributed by atoms with Crippen LogP contribution in [0.5, 0.6) is 0 Å². The molecule has 0 aromatic heterocycles. The van der Waals surface area contributed by atoms with Crippen LogP contribution < -0.4 is 0 Å². The first-order chi connectivity index (χ1) is 6.36. The van der Waals surface area contributed by atoms with Crippen molar-refractivity contribution >= 4 is 43.8 Å². The predicted octanol–water partition coefficient (Wildman–Crippen LogP) is 2.74. The first kappa shape index (κ1) is 20.4. The molecule has 0 aliphatic heterocycles. The number of carbonyl (C=O) groups is 2. The van der Waals surface area contributed by atoms with Crippen LogP contribution in [0.1, 0.15) is 13.8 Å². The summed E-state index contributed by atoms with van der Waals surface area (Å²) in [4.78, 5) is 22.4. The molecule has 0 radical (unpaired) electrons. The van der Waals surface area contributed by atoms with E-state index < -0.39 is 11.9 Å². The van der Waals surface area contributed by atoms with Gasteiger partial charge >= 0.3 is 11.9 Å². The van der Waals surface area contributed by atoms with E-state index in [1.807, 2.05) is 0 Å². The molecular formula is C8H10Br2O4Zn. The second-order valence-electron chi connectivity index (χ2n) is 2.19. The van der Waals surface area contributed by atoms with Crippen molar-refractivity contribution in [2.24, 2.45) is 0 Å². The molecule has 0 bridgehead atoms. The van der Waals surface area contributed by atoms with Crippen LogP contribution in [-0.2, 0) is 29.1 Å². The van der Waals surface area contributed by atoms with Gasteiger partial charge in [0.05, 0.1) is 0 Å². The number of aliphatic carboxylic acids is 2. The molecule has 7 heteroatoms. The zero-order valence-electron chi connectivity index (χ0n) is 8.33. The Balaban J connectivity index is -0.000000180. The van der Waals surface area contributed by atoms with Crippen molar-refractivity contribution in [1.29, 1.82) is 0 Å². The Morgan fingerprint density at radius 2 is 1.13 bits per heavy atom. The fourth-order valence-corrected chi connectivity index (χ4v) is 0.485. The molecule has 0 heterocycles. The summed E-state index contributed by atoms with van der Waals surface area (Å²) in [5.74, 6) is -1.78. The molecule has 0 aliphatic carbocycles. The van der Waals surface area contributed by atoms with E-state index in [1.165, 1.54) is 23.8 Å². The van der Waals surface area contributed by atoms with Gasteiger partial charge in [-0.15, -0.1) is 0 Å². The zero-order valence-corrected chi connectivity index (χ0v) is 14.5. The Labute approximate surface area is 117 Å². The molecule has 4 nitrogen and oxygen atoms in total. The van der Waals surface area contributed by atoms with Crippen molar-refractivity contribution in [2.45, 2.75) is 13.8 Å². The summed E-state index contributed by atoms with van der Waals surface area (Å²) in [7, 11) is 0. The largest absolute Gasteiger partial charge is 0.478 e. The van der Waals surface area contributed by atoms with E-state index in [2.05, 4.69) is 31.9 Å². The number of halogens is 2. The summed E-state index contributed by atoms with van der Waals surface area (Å²) >= 11 is 5.74. The number of carboxylic acids is 2. The van der Waals surface area contributed by atoms with Crippen molar-refractivity contribution in [2.75, 3.05) is 0 Å². The number of hydrogen-bond acceptors (Lipinski definition) is 2. The number of carboxylic acid groups (broad SMARTS) is 2. The molecule has 0 aromatic carbocycles. The van der Waals surface area contributed by atoms with Crippen LogP contribution in [0.4, 0.5) is 0 Å². The van der Waals surface area contributed by atoms with Crippen molar-refractivity contribution < 1.29 is 39.3 Å². The van der Waals surface area contributed by atoms with Crippen LogP contribution in [0.2, 0.25) is 0 Å². The summed E-state index contributed by atoms with van der Waals surface area (Å²) in [5.41, 5.74) is 0.611. The SMILES string of the molecule is C/C(=C\Br)C(=O)O.C/C(=C\Br)C(=O)O.[Zn]. The molecule has 2 N–H and O–H groups in total. The van der Waals surface area contributed by atoms with Crippen molar-refractivity contribution in [1.82, 2.24) is 0 Å². The average molecular weight is 395 g/mol. The van der Waals surface area contributed by atoms with Crippen LogP contribution in [-0.4, -0.2) is 22.2 Å². The molecular weight excluding hydrogens is 385 g/mol. The molecule has 0 atom stereocenters. The van der Waals surface area contributed by atoms with E-state index in [0.717, 1.165) is 0 Å². The number of rotatable bonds is 2. The van der Waals surface area contributed by atoms with Gasteiger partial charge in [0.25, 0.3) is 0 Å². The fraction of sp³-hybridized carbons (Fsp3) is 0.250. The summed E-state index contributed by atoms with van der Waals surface area (Å²) in [6, 6.07) is 0. The van der Waals surface area contributed by atoms with E-state index in [0.29, 0.717) is 11.1 Å². The van der Waals surface area contributed by atoms with Crippen molar-refractivity contribution in [3.05, 3.63) is 21.1 Å². The van der Waals surface area contributed by atoms with Gasteiger partial charge < -0.3 is 10.2 Å². The Hall–Kier alpha value is 0.00338. The molecule has 0 spiro atoms. The third kappa shape index (κ3) is 14.0. The Morgan fingerprint density at radius 3 is 1.13 bits per heavy atom. The molecule has 15 heavy (non-hydrogen) atoms. The molecule has 0 amide bonds. The average Bonchev–Trinajstić information content (AvgIpc) is 2.15. The first-order valence-electron chi connectivity index (χ1n) is 3.37. The normalized spacial score (nSPS) is 10.7. The van der Waals surface area contributed by atoms with Gasteiger partial charge in [-0.1, -0.05) is 31.9 Å². The van der Waals surface area contributed by atoms with Gasteiger partial charge in [0.15, 0.2) is 0 Å². The summed E-state index contributed by atoms with van der Waals surface area (Å²) in [6.45, 7) is 3.02. The van der Waals surface area contributed by atoms with E-state index in [9.17, 15) is 9.59 Å². The fourth-order valence-electron chi connectivity index (χ4n) is 0.0933. The standard InChI is InChI=1S/2C4H5BrO2.Zn/c2*1-3(2-5)4(6)7;/h2*2H,1H3,(H,6,7);/b2*3-2+;. The van der Waals surface area contributed by atoms with Gasteiger partial charge in [0.2, 0.25) is 0 Å². The minimum Gasteiger partial charge on any atom is -0.478 e. The summed E-state index contributed by atoms with van der Waals surface area (Å²) < 4.78 is 0. The minimum atomic E-state index is -0.892. The van der Waals surface area contributed by atoms with Gasteiger partial charge in [0.1, 0.15) is 0 Å². The predicted molar refractivity (Wildman–Crippen MR) is 60.6 cm³/mol. The topological polar surface area (TPSA) is 74.6 Å². The van der Waals surface area contributed by atoms with Crippen LogP contribution in [0, 0.1) is 0 Å². The smallest absolute Gasteiger partial charge is 0.331 e. The van der Waals surface area contributed by atoms with E-state index in [1.54, 1.807) is 0 Å². The third-order valence-corrected chi connectivity index (χ3v) is 2.38. The monoisotopic (exact) mass is 392 g/mol. The molecule has 0 saturated carbocycles. The quantitative estimate of drug-likeness (QED) is 0.557.